The van der Waals surface area contributed by atoms with Crippen LogP contribution >= 0.6 is 11.3 Å². The SMILES string of the molecule is Cc1nn(C)c2nc(-c3cccs3)cc(C(=O)Oc3cccc(C(N)=O)c3)c12. The molecule has 0 aliphatic heterocycles. The fraction of sp³-hybridized carbons (Fsp3) is 0.100. The van der Waals surface area contributed by atoms with E-state index in [1.807, 2.05) is 24.4 Å². The fourth-order valence-electron chi connectivity index (χ4n) is 3.03. The van der Waals surface area contributed by atoms with E-state index in [0.717, 1.165) is 4.88 Å². The number of ether oxygens (including phenoxy) is 1. The minimum Gasteiger partial charge on any atom is -0.423 e. The number of fused-ring (bicyclic) bond motifs is 1. The number of carbonyl (C=O) groups excluding carboxylic acids is 2. The van der Waals surface area contributed by atoms with E-state index in [1.165, 1.54) is 17.4 Å². The average molecular weight is 392 g/mol. The van der Waals surface area contributed by atoms with E-state index in [1.54, 1.807) is 36.0 Å². The molecular weight excluding hydrogens is 376 g/mol. The summed E-state index contributed by atoms with van der Waals surface area (Å²) in [6, 6.07) is 11.8. The van der Waals surface area contributed by atoms with E-state index in [-0.39, 0.29) is 11.3 Å². The van der Waals surface area contributed by atoms with Crippen molar-refractivity contribution in [2.75, 3.05) is 0 Å². The normalized spacial score (nSPS) is 10.9. The van der Waals surface area contributed by atoms with Crippen molar-refractivity contribution in [3.8, 4) is 16.3 Å². The topological polar surface area (TPSA) is 100 Å². The quantitative estimate of drug-likeness (QED) is 0.424. The lowest BCUT2D eigenvalue weighted by molar-refractivity contribution is 0.0735. The Bertz CT molecular complexity index is 1210. The Hall–Kier alpha value is -3.52. The second kappa shape index (κ2) is 6.90. The number of amides is 1. The highest BCUT2D eigenvalue weighted by Gasteiger charge is 2.21. The van der Waals surface area contributed by atoms with Gasteiger partial charge in [-0.15, -0.1) is 11.3 Å². The first-order valence-corrected chi connectivity index (χ1v) is 9.32. The molecule has 2 N–H and O–H groups in total. The van der Waals surface area contributed by atoms with Crippen LogP contribution in [0.3, 0.4) is 0 Å². The van der Waals surface area contributed by atoms with Gasteiger partial charge in [0, 0.05) is 12.6 Å². The third kappa shape index (κ3) is 3.14. The molecule has 8 heteroatoms. The first-order valence-electron chi connectivity index (χ1n) is 8.44. The van der Waals surface area contributed by atoms with Crippen LogP contribution in [-0.4, -0.2) is 26.6 Å². The number of benzene rings is 1. The maximum atomic E-state index is 13.0. The first-order chi connectivity index (χ1) is 13.4. The molecule has 0 aliphatic carbocycles. The zero-order valence-corrected chi connectivity index (χ0v) is 16.0. The smallest absolute Gasteiger partial charge is 0.344 e. The number of aromatic nitrogens is 3. The van der Waals surface area contributed by atoms with Crippen LogP contribution in [0.25, 0.3) is 21.6 Å². The predicted octanol–water partition coefficient (Wildman–Crippen LogP) is 3.32. The van der Waals surface area contributed by atoms with Crippen molar-refractivity contribution in [2.24, 2.45) is 12.8 Å². The van der Waals surface area contributed by atoms with E-state index in [2.05, 4.69) is 10.1 Å². The molecule has 0 aliphatic rings. The fourth-order valence-corrected chi connectivity index (χ4v) is 3.72. The van der Waals surface area contributed by atoms with Gasteiger partial charge in [-0.1, -0.05) is 12.1 Å². The maximum absolute atomic E-state index is 13.0. The summed E-state index contributed by atoms with van der Waals surface area (Å²) in [5.41, 5.74) is 7.88. The highest BCUT2D eigenvalue weighted by atomic mass is 32.1. The van der Waals surface area contributed by atoms with Gasteiger partial charge in [-0.05, 0) is 42.6 Å². The summed E-state index contributed by atoms with van der Waals surface area (Å²) >= 11 is 1.53. The van der Waals surface area contributed by atoms with Gasteiger partial charge in [0.25, 0.3) is 0 Å². The Balaban J connectivity index is 1.81. The van der Waals surface area contributed by atoms with Crippen molar-refractivity contribution in [3.63, 3.8) is 0 Å². The van der Waals surface area contributed by atoms with Crippen LogP contribution in [-0.2, 0) is 7.05 Å². The second-order valence-electron chi connectivity index (χ2n) is 6.22. The molecule has 0 radical (unpaired) electrons. The van der Waals surface area contributed by atoms with Crippen LogP contribution in [0.1, 0.15) is 26.4 Å². The largest absolute Gasteiger partial charge is 0.423 e. The van der Waals surface area contributed by atoms with E-state index in [4.69, 9.17) is 10.5 Å². The number of carbonyl (C=O) groups is 2. The number of nitrogens with zero attached hydrogens (tertiary/aromatic N) is 3. The van der Waals surface area contributed by atoms with Crippen LogP contribution < -0.4 is 10.5 Å². The Morgan fingerprint density at radius 1 is 1.18 bits per heavy atom. The number of primary amides is 1. The molecule has 0 atom stereocenters. The predicted molar refractivity (Wildman–Crippen MR) is 106 cm³/mol. The number of aryl methyl sites for hydroxylation is 2. The molecule has 0 saturated carbocycles. The molecule has 7 nitrogen and oxygen atoms in total. The van der Waals surface area contributed by atoms with Gasteiger partial charge in [0.15, 0.2) is 5.65 Å². The van der Waals surface area contributed by atoms with Crippen molar-refractivity contribution < 1.29 is 14.3 Å². The number of hydrogen-bond donors (Lipinski definition) is 1. The molecule has 1 amide bonds. The third-order valence-electron chi connectivity index (χ3n) is 4.29. The Morgan fingerprint density at radius 2 is 2.00 bits per heavy atom. The highest BCUT2D eigenvalue weighted by molar-refractivity contribution is 7.13. The van der Waals surface area contributed by atoms with Crippen molar-refractivity contribution in [1.29, 1.82) is 0 Å². The van der Waals surface area contributed by atoms with E-state index in [0.29, 0.717) is 28.0 Å². The molecular formula is C20H16N4O3S. The molecule has 0 unspecified atom stereocenters. The van der Waals surface area contributed by atoms with Gasteiger partial charge < -0.3 is 10.5 Å². The number of esters is 1. The summed E-state index contributed by atoms with van der Waals surface area (Å²) in [4.78, 5) is 30.0. The average Bonchev–Trinajstić information content (AvgIpc) is 3.30. The molecule has 0 fully saturated rings. The van der Waals surface area contributed by atoms with Crippen LogP contribution in [0.4, 0.5) is 0 Å². The van der Waals surface area contributed by atoms with Crippen LogP contribution in [0, 0.1) is 6.92 Å². The molecule has 0 spiro atoms. The molecule has 3 heterocycles. The van der Waals surface area contributed by atoms with Gasteiger partial charge in [-0.2, -0.15) is 5.10 Å². The maximum Gasteiger partial charge on any atom is 0.344 e. The molecule has 0 bridgehead atoms. The Labute approximate surface area is 164 Å². The molecule has 0 saturated heterocycles. The second-order valence-corrected chi connectivity index (χ2v) is 7.17. The molecule has 28 heavy (non-hydrogen) atoms. The standard InChI is InChI=1S/C20H16N4O3S/c1-11-17-14(20(26)27-13-6-3-5-12(9-13)18(21)25)10-15(16-7-4-8-28-16)22-19(17)24(2)23-11/h3-10H,1-2H3,(H2,21,25). The van der Waals surface area contributed by atoms with E-state index in [9.17, 15) is 9.59 Å². The van der Waals surface area contributed by atoms with Gasteiger partial charge in [0.05, 0.1) is 27.2 Å². The van der Waals surface area contributed by atoms with Gasteiger partial charge in [-0.3, -0.25) is 9.48 Å². The zero-order chi connectivity index (χ0) is 19.8. The molecule has 4 aromatic rings. The molecule has 3 aromatic heterocycles. The lowest BCUT2D eigenvalue weighted by atomic mass is 10.1. The minimum atomic E-state index is -0.590. The Kier molecular flexibility index (Phi) is 4.40. The molecule has 4 rings (SSSR count). The monoisotopic (exact) mass is 392 g/mol. The third-order valence-corrected chi connectivity index (χ3v) is 5.18. The number of hydrogen-bond acceptors (Lipinski definition) is 6. The van der Waals surface area contributed by atoms with E-state index < -0.39 is 11.9 Å². The van der Waals surface area contributed by atoms with E-state index >= 15 is 0 Å². The summed E-state index contributed by atoms with van der Waals surface area (Å²) in [5, 5.41) is 6.97. The Morgan fingerprint density at radius 3 is 2.71 bits per heavy atom. The lowest BCUT2D eigenvalue weighted by Crippen LogP contribution is -2.13. The van der Waals surface area contributed by atoms with Gasteiger partial charge in [-0.25, -0.2) is 9.78 Å². The summed E-state index contributed by atoms with van der Waals surface area (Å²) in [6.45, 7) is 1.82. The van der Waals surface area contributed by atoms with Gasteiger partial charge in [0.2, 0.25) is 5.91 Å². The van der Waals surface area contributed by atoms with Crippen LogP contribution in [0.15, 0.2) is 47.8 Å². The van der Waals surface area contributed by atoms with Gasteiger partial charge in [0.1, 0.15) is 5.75 Å². The summed E-state index contributed by atoms with van der Waals surface area (Å²) in [6.07, 6.45) is 0. The van der Waals surface area contributed by atoms with Crippen LogP contribution in [0.5, 0.6) is 5.75 Å². The minimum absolute atomic E-state index is 0.241. The number of pyridine rings is 1. The van der Waals surface area contributed by atoms with Crippen molar-refractivity contribution in [3.05, 3.63) is 64.7 Å². The van der Waals surface area contributed by atoms with Crippen molar-refractivity contribution in [1.82, 2.24) is 14.8 Å². The highest BCUT2D eigenvalue weighted by Crippen LogP contribution is 2.30. The number of thiophene rings is 1. The number of rotatable bonds is 4. The van der Waals surface area contributed by atoms with Crippen LogP contribution in [0.2, 0.25) is 0 Å². The van der Waals surface area contributed by atoms with Gasteiger partial charge >= 0.3 is 5.97 Å². The number of nitrogens with two attached hydrogens (primary N) is 1. The molecule has 140 valence electrons. The zero-order valence-electron chi connectivity index (χ0n) is 15.2. The summed E-state index contributed by atoms with van der Waals surface area (Å²) < 4.78 is 7.17. The molecule has 1 aromatic carbocycles. The van der Waals surface area contributed by atoms with Crippen molar-refractivity contribution >= 4 is 34.2 Å². The van der Waals surface area contributed by atoms with Crippen molar-refractivity contribution in [2.45, 2.75) is 6.92 Å². The first kappa shape index (κ1) is 17.9. The summed E-state index contributed by atoms with van der Waals surface area (Å²) in [5.74, 6) is -0.902. The summed E-state index contributed by atoms with van der Waals surface area (Å²) in [7, 11) is 1.78. The lowest BCUT2D eigenvalue weighted by Gasteiger charge is -2.08.